The molecule has 2 rings (SSSR count). The predicted octanol–water partition coefficient (Wildman–Crippen LogP) is 3.56. The third kappa shape index (κ3) is 7.01. The lowest BCUT2D eigenvalue weighted by Gasteiger charge is -2.37. The Balaban J connectivity index is 1.99. The molecule has 1 fully saturated rings. The van der Waals surface area contributed by atoms with Crippen LogP contribution in [0.15, 0.2) is 29.3 Å². The molecule has 30 heavy (non-hydrogen) atoms. The number of guanidine groups is 1. The van der Waals surface area contributed by atoms with Gasteiger partial charge in [-0.1, -0.05) is 31.4 Å². The highest BCUT2D eigenvalue weighted by atomic mass is 16.3. The second kappa shape index (κ2) is 12.6. The van der Waals surface area contributed by atoms with Crippen LogP contribution in [0.25, 0.3) is 0 Å². The molecule has 6 heteroatoms. The van der Waals surface area contributed by atoms with Crippen molar-refractivity contribution in [3.05, 3.63) is 35.4 Å². The summed E-state index contributed by atoms with van der Waals surface area (Å²) >= 11 is 0. The summed E-state index contributed by atoms with van der Waals surface area (Å²) in [5.74, 6) is 0.885. The van der Waals surface area contributed by atoms with Gasteiger partial charge in [-0.15, -0.1) is 0 Å². The van der Waals surface area contributed by atoms with E-state index in [2.05, 4.69) is 17.6 Å². The Morgan fingerprint density at radius 2 is 1.73 bits per heavy atom. The molecule has 0 aromatic heterocycles. The summed E-state index contributed by atoms with van der Waals surface area (Å²) < 4.78 is 0. The van der Waals surface area contributed by atoms with Crippen molar-refractivity contribution in [1.29, 1.82) is 0 Å². The highest BCUT2D eigenvalue weighted by Gasteiger charge is 2.31. The summed E-state index contributed by atoms with van der Waals surface area (Å²) in [5, 5.41) is 16.4. The number of carbonyl (C=O) groups is 1. The van der Waals surface area contributed by atoms with Gasteiger partial charge >= 0.3 is 0 Å². The van der Waals surface area contributed by atoms with Gasteiger partial charge in [0.2, 0.25) is 0 Å². The van der Waals surface area contributed by atoms with Crippen molar-refractivity contribution in [2.75, 3.05) is 32.8 Å². The zero-order chi connectivity index (χ0) is 21.8. The molecule has 0 atom stereocenters. The molecule has 1 saturated carbocycles. The van der Waals surface area contributed by atoms with Gasteiger partial charge < -0.3 is 20.6 Å². The van der Waals surface area contributed by atoms with Crippen LogP contribution >= 0.6 is 0 Å². The Kier molecular flexibility index (Phi) is 10.1. The summed E-state index contributed by atoms with van der Waals surface area (Å²) in [4.78, 5) is 19.0. The van der Waals surface area contributed by atoms with Crippen LogP contribution in [0, 0.1) is 5.41 Å². The number of amides is 1. The van der Waals surface area contributed by atoms with Gasteiger partial charge in [0.25, 0.3) is 5.91 Å². The molecule has 0 saturated heterocycles. The van der Waals surface area contributed by atoms with Gasteiger partial charge in [-0.25, -0.2) is 4.99 Å². The van der Waals surface area contributed by atoms with Crippen molar-refractivity contribution >= 4 is 11.9 Å². The minimum Gasteiger partial charge on any atom is -0.396 e. The van der Waals surface area contributed by atoms with Gasteiger partial charge in [-0.3, -0.25) is 4.79 Å². The number of nitrogens with zero attached hydrogens (tertiary/aromatic N) is 2. The number of carbonyl (C=O) groups excluding carboxylic acids is 1. The summed E-state index contributed by atoms with van der Waals surface area (Å²) in [5.41, 5.74) is 1.97. The van der Waals surface area contributed by atoms with Gasteiger partial charge in [0, 0.05) is 38.3 Å². The molecule has 1 aromatic rings. The maximum Gasteiger partial charge on any atom is 0.253 e. The molecule has 0 unspecified atom stereocenters. The van der Waals surface area contributed by atoms with Crippen molar-refractivity contribution in [2.45, 2.75) is 65.8 Å². The molecular formula is C24H40N4O2. The number of benzene rings is 1. The van der Waals surface area contributed by atoms with Gasteiger partial charge in [0.1, 0.15) is 0 Å². The largest absolute Gasteiger partial charge is 0.396 e. The zero-order valence-electron chi connectivity index (χ0n) is 19.0. The van der Waals surface area contributed by atoms with E-state index < -0.39 is 0 Å². The predicted molar refractivity (Wildman–Crippen MR) is 124 cm³/mol. The maximum atomic E-state index is 12.4. The van der Waals surface area contributed by atoms with E-state index in [1.165, 1.54) is 32.1 Å². The van der Waals surface area contributed by atoms with Crippen LogP contribution in [0.1, 0.15) is 75.2 Å². The second-order valence-corrected chi connectivity index (χ2v) is 8.26. The third-order valence-electron chi connectivity index (χ3n) is 6.20. The van der Waals surface area contributed by atoms with Crippen molar-refractivity contribution < 1.29 is 9.90 Å². The van der Waals surface area contributed by atoms with Crippen molar-refractivity contribution in [2.24, 2.45) is 10.4 Å². The molecule has 168 valence electrons. The number of hydrogen-bond donors (Lipinski definition) is 3. The van der Waals surface area contributed by atoms with E-state index >= 15 is 0 Å². The fourth-order valence-corrected chi connectivity index (χ4v) is 4.28. The number of nitrogens with one attached hydrogen (secondary N) is 2. The minimum atomic E-state index is 0.0757. The van der Waals surface area contributed by atoms with Crippen LogP contribution in [0.3, 0.4) is 0 Å². The second-order valence-electron chi connectivity index (χ2n) is 8.26. The number of hydrogen-bond acceptors (Lipinski definition) is 3. The molecule has 0 spiro atoms. The van der Waals surface area contributed by atoms with Crippen LogP contribution in [0.4, 0.5) is 0 Å². The first-order valence-electron chi connectivity index (χ1n) is 11.6. The Hall–Kier alpha value is -2.08. The molecule has 0 aliphatic heterocycles. The Bertz CT molecular complexity index is 657. The smallest absolute Gasteiger partial charge is 0.253 e. The zero-order valence-corrected chi connectivity index (χ0v) is 19.0. The topological polar surface area (TPSA) is 77.0 Å². The Labute approximate surface area is 182 Å². The van der Waals surface area contributed by atoms with Gasteiger partial charge in [0.15, 0.2) is 5.96 Å². The minimum absolute atomic E-state index is 0.0757. The van der Waals surface area contributed by atoms with Gasteiger partial charge in [-0.05, 0) is 63.1 Å². The first-order chi connectivity index (χ1) is 14.6. The molecule has 0 radical (unpaired) electrons. The molecule has 0 heterocycles. The summed E-state index contributed by atoms with van der Waals surface area (Å²) in [6.07, 6.45) is 6.97. The summed E-state index contributed by atoms with van der Waals surface area (Å²) in [6, 6.07) is 7.75. The summed E-state index contributed by atoms with van der Waals surface area (Å²) in [7, 11) is 0. The molecule has 3 N–H and O–H groups in total. The lowest BCUT2D eigenvalue weighted by Crippen LogP contribution is -2.44. The number of rotatable bonds is 10. The monoisotopic (exact) mass is 416 g/mol. The van der Waals surface area contributed by atoms with Crippen LogP contribution in [-0.2, 0) is 6.54 Å². The van der Waals surface area contributed by atoms with Crippen LogP contribution in [-0.4, -0.2) is 54.7 Å². The first kappa shape index (κ1) is 24.2. The maximum absolute atomic E-state index is 12.4. The SMILES string of the molecule is CCNC(=NCc1ccc(C(=O)N(CC)CC)cc1)NCC1(CCO)CCCCC1. The van der Waals surface area contributed by atoms with E-state index in [-0.39, 0.29) is 17.9 Å². The molecule has 1 amide bonds. The standard InChI is InChI=1S/C24H40N4O2/c1-4-25-23(27-19-24(16-17-29)14-8-7-9-15-24)26-18-20-10-12-21(13-11-20)22(30)28(5-2)6-3/h10-13,29H,4-9,14-19H2,1-3H3,(H2,25,26,27). The third-order valence-corrected chi connectivity index (χ3v) is 6.20. The van der Waals surface area contributed by atoms with E-state index in [0.29, 0.717) is 6.54 Å². The van der Waals surface area contributed by atoms with Crippen LogP contribution in [0.2, 0.25) is 0 Å². The molecule has 6 nitrogen and oxygen atoms in total. The van der Waals surface area contributed by atoms with E-state index in [1.807, 2.05) is 43.0 Å². The van der Waals surface area contributed by atoms with Gasteiger partial charge in [0.05, 0.1) is 6.54 Å². The number of aliphatic hydroxyl groups is 1. The van der Waals surface area contributed by atoms with E-state index in [0.717, 1.165) is 49.7 Å². The molecular weight excluding hydrogens is 376 g/mol. The van der Waals surface area contributed by atoms with E-state index in [9.17, 15) is 9.90 Å². The fourth-order valence-electron chi connectivity index (χ4n) is 4.28. The normalized spacial score (nSPS) is 16.2. The Morgan fingerprint density at radius 3 is 2.30 bits per heavy atom. The number of aliphatic hydroxyl groups excluding tert-OH is 1. The van der Waals surface area contributed by atoms with E-state index in [4.69, 9.17) is 4.99 Å². The summed E-state index contributed by atoms with van der Waals surface area (Å²) in [6.45, 7) is 9.95. The van der Waals surface area contributed by atoms with Crippen LogP contribution in [0.5, 0.6) is 0 Å². The highest BCUT2D eigenvalue weighted by Crippen LogP contribution is 2.38. The molecule has 0 bridgehead atoms. The molecule has 1 aliphatic carbocycles. The average molecular weight is 417 g/mol. The fraction of sp³-hybridized carbons (Fsp3) is 0.667. The average Bonchev–Trinajstić information content (AvgIpc) is 2.77. The molecule has 1 aliphatic rings. The van der Waals surface area contributed by atoms with Crippen molar-refractivity contribution in [3.63, 3.8) is 0 Å². The van der Waals surface area contributed by atoms with Crippen LogP contribution < -0.4 is 10.6 Å². The number of aliphatic imine (C=N–C) groups is 1. The van der Waals surface area contributed by atoms with Crippen molar-refractivity contribution in [1.82, 2.24) is 15.5 Å². The lowest BCUT2D eigenvalue weighted by molar-refractivity contribution is 0.0773. The van der Waals surface area contributed by atoms with Gasteiger partial charge in [-0.2, -0.15) is 0 Å². The molecule has 1 aromatic carbocycles. The highest BCUT2D eigenvalue weighted by molar-refractivity contribution is 5.94. The Morgan fingerprint density at radius 1 is 1.07 bits per heavy atom. The quantitative estimate of drug-likeness (QED) is 0.403. The lowest BCUT2D eigenvalue weighted by atomic mass is 9.72. The van der Waals surface area contributed by atoms with E-state index in [1.54, 1.807) is 0 Å². The first-order valence-corrected chi connectivity index (χ1v) is 11.6. The van der Waals surface area contributed by atoms with Crippen molar-refractivity contribution in [3.8, 4) is 0 Å².